The highest BCUT2D eigenvalue weighted by Gasteiger charge is 2.26. The van der Waals surface area contributed by atoms with E-state index in [4.69, 9.17) is 10.5 Å². The Labute approximate surface area is 206 Å². The van der Waals surface area contributed by atoms with Crippen LogP contribution in [-0.4, -0.2) is 70.9 Å². The van der Waals surface area contributed by atoms with Crippen molar-refractivity contribution in [1.82, 2.24) is 25.0 Å². The normalized spacial score (nSPS) is 13.5. The molecule has 1 fully saturated rings. The van der Waals surface area contributed by atoms with E-state index in [1.165, 1.54) is 18.4 Å². The van der Waals surface area contributed by atoms with E-state index >= 15 is 0 Å². The maximum atomic E-state index is 12.4. The van der Waals surface area contributed by atoms with Crippen molar-refractivity contribution in [3.63, 3.8) is 0 Å². The van der Waals surface area contributed by atoms with E-state index in [-0.39, 0.29) is 18.5 Å². The number of aromatic nitrogens is 3. The van der Waals surface area contributed by atoms with Crippen LogP contribution in [0.5, 0.6) is 0 Å². The number of ether oxygens (including phenoxy) is 1. The number of methoxy groups -OCH3 is 1. The van der Waals surface area contributed by atoms with Crippen LogP contribution in [-0.2, 0) is 24.2 Å². The van der Waals surface area contributed by atoms with Gasteiger partial charge in [-0.15, -0.1) is 21.5 Å². The molecule has 3 amide bonds. The van der Waals surface area contributed by atoms with Gasteiger partial charge in [0, 0.05) is 38.3 Å². The first kappa shape index (κ1) is 24.2. The van der Waals surface area contributed by atoms with Crippen LogP contribution in [0.2, 0.25) is 0 Å². The lowest BCUT2D eigenvalue weighted by Crippen LogP contribution is -2.49. The number of nitrogens with zero attached hydrogens (tertiary/aromatic N) is 5. The van der Waals surface area contributed by atoms with Crippen molar-refractivity contribution in [3.8, 4) is 0 Å². The number of carbonyl (C=O) groups excluding carboxylic acids is 3. The third kappa shape index (κ3) is 5.77. The van der Waals surface area contributed by atoms with Crippen LogP contribution in [0.3, 0.4) is 0 Å². The predicted molar refractivity (Wildman–Crippen MR) is 130 cm³/mol. The molecule has 1 saturated heterocycles. The molecule has 0 bridgehead atoms. The van der Waals surface area contributed by atoms with Crippen LogP contribution in [0, 0.1) is 0 Å². The Bertz CT molecular complexity index is 1190. The van der Waals surface area contributed by atoms with Gasteiger partial charge in [0.05, 0.1) is 18.5 Å². The van der Waals surface area contributed by atoms with E-state index in [1.807, 2.05) is 22.1 Å². The summed E-state index contributed by atoms with van der Waals surface area (Å²) in [4.78, 5) is 40.2. The molecule has 0 spiro atoms. The zero-order valence-electron chi connectivity index (χ0n) is 19.3. The molecular formula is C23H27N7O4S. The molecule has 0 atom stereocenters. The number of amides is 3. The second-order valence-corrected chi connectivity index (χ2v) is 8.93. The fraction of sp³-hybridized carbons (Fsp3) is 0.348. The van der Waals surface area contributed by atoms with Crippen molar-refractivity contribution in [1.29, 1.82) is 0 Å². The van der Waals surface area contributed by atoms with Gasteiger partial charge in [0.15, 0.2) is 5.82 Å². The van der Waals surface area contributed by atoms with Gasteiger partial charge in [-0.1, -0.05) is 18.2 Å². The number of hydrogen-bond acceptors (Lipinski definition) is 8. The van der Waals surface area contributed by atoms with E-state index in [0.29, 0.717) is 61.4 Å². The monoisotopic (exact) mass is 497 g/mol. The zero-order chi connectivity index (χ0) is 24.8. The van der Waals surface area contributed by atoms with Crippen LogP contribution < -0.4 is 16.0 Å². The summed E-state index contributed by atoms with van der Waals surface area (Å²) in [6, 6.07) is 10.8. The number of carbonyl (C=O) groups is 3. The summed E-state index contributed by atoms with van der Waals surface area (Å²) in [6.07, 6.45) is 0.262. The standard InChI is InChI=1S/C23H27N7O4S/c1-34-23(33)29-11-9-28(10-12-29)22-27-26-19(15-25-21(32)18-6-3-13-35-18)30(22)8-7-16-4-2-5-17(14-16)20(24)31/h2-6,13-14H,7-12,15H2,1H3,(H2,24,31)(H,25,32). The first-order valence-electron chi connectivity index (χ1n) is 11.2. The average molecular weight is 498 g/mol. The Kier molecular flexibility index (Phi) is 7.60. The maximum Gasteiger partial charge on any atom is 0.409 e. The molecular weight excluding hydrogens is 470 g/mol. The second kappa shape index (κ2) is 11.0. The van der Waals surface area contributed by atoms with Crippen LogP contribution in [0.25, 0.3) is 0 Å². The quantitative estimate of drug-likeness (QED) is 0.481. The number of nitrogens with one attached hydrogen (secondary N) is 1. The van der Waals surface area contributed by atoms with Gasteiger partial charge in [0.25, 0.3) is 5.91 Å². The summed E-state index contributed by atoms with van der Waals surface area (Å²) in [7, 11) is 1.37. The smallest absolute Gasteiger partial charge is 0.409 e. The minimum Gasteiger partial charge on any atom is -0.453 e. The van der Waals surface area contributed by atoms with Gasteiger partial charge >= 0.3 is 6.09 Å². The van der Waals surface area contributed by atoms with Crippen molar-refractivity contribution in [2.24, 2.45) is 5.73 Å². The fourth-order valence-corrected chi connectivity index (χ4v) is 4.55. The first-order chi connectivity index (χ1) is 17.0. The molecule has 2 aromatic heterocycles. The number of hydrogen-bond donors (Lipinski definition) is 2. The molecule has 1 aliphatic rings. The highest BCUT2D eigenvalue weighted by atomic mass is 32.1. The first-order valence-corrected chi connectivity index (χ1v) is 12.0. The SMILES string of the molecule is COC(=O)N1CCN(c2nnc(CNC(=O)c3cccs3)n2CCc2cccc(C(N)=O)c2)CC1. The molecule has 11 nitrogen and oxygen atoms in total. The topological polar surface area (TPSA) is 136 Å². The number of primary amides is 1. The molecule has 4 rings (SSSR count). The fourth-order valence-electron chi connectivity index (χ4n) is 3.91. The Hall–Kier alpha value is -3.93. The second-order valence-electron chi connectivity index (χ2n) is 7.99. The molecule has 3 N–H and O–H groups in total. The average Bonchev–Trinajstić information content (AvgIpc) is 3.56. The number of nitrogens with two attached hydrogens (primary N) is 1. The minimum absolute atomic E-state index is 0.169. The van der Waals surface area contributed by atoms with Gasteiger partial charge in [0.1, 0.15) is 0 Å². The van der Waals surface area contributed by atoms with Crippen molar-refractivity contribution >= 4 is 35.2 Å². The lowest BCUT2D eigenvalue weighted by Gasteiger charge is -2.34. The van der Waals surface area contributed by atoms with Crippen molar-refractivity contribution < 1.29 is 19.1 Å². The zero-order valence-corrected chi connectivity index (χ0v) is 20.2. The van der Waals surface area contributed by atoms with Gasteiger partial charge in [-0.05, 0) is 35.6 Å². The van der Waals surface area contributed by atoms with Crippen LogP contribution in [0.4, 0.5) is 10.7 Å². The molecule has 1 aliphatic heterocycles. The van der Waals surface area contributed by atoms with Crippen molar-refractivity contribution in [2.75, 3.05) is 38.2 Å². The molecule has 184 valence electrons. The number of thiophene rings is 1. The Morgan fingerprint density at radius 3 is 2.60 bits per heavy atom. The number of aryl methyl sites for hydroxylation is 1. The largest absolute Gasteiger partial charge is 0.453 e. The molecule has 35 heavy (non-hydrogen) atoms. The summed E-state index contributed by atoms with van der Waals surface area (Å²) >= 11 is 1.37. The summed E-state index contributed by atoms with van der Waals surface area (Å²) in [5.74, 6) is 0.640. The van der Waals surface area contributed by atoms with E-state index in [9.17, 15) is 14.4 Å². The van der Waals surface area contributed by atoms with Crippen LogP contribution >= 0.6 is 11.3 Å². The Morgan fingerprint density at radius 2 is 1.91 bits per heavy atom. The molecule has 0 radical (unpaired) electrons. The lowest BCUT2D eigenvalue weighted by molar-refractivity contribution is 0.0952. The lowest BCUT2D eigenvalue weighted by atomic mass is 10.1. The van der Waals surface area contributed by atoms with E-state index in [1.54, 1.807) is 29.2 Å². The molecule has 1 aromatic carbocycles. The summed E-state index contributed by atoms with van der Waals surface area (Å²) in [5.41, 5.74) is 6.82. The third-order valence-electron chi connectivity index (χ3n) is 5.79. The van der Waals surface area contributed by atoms with Gasteiger partial charge in [-0.25, -0.2) is 4.79 Å². The Balaban J connectivity index is 1.51. The predicted octanol–water partition coefficient (Wildman–Crippen LogP) is 1.50. The van der Waals surface area contributed by atoms with Gasteiger partial charge in [0.2, 0.25) is 11.9 Å². The molecule has 3 heterocycles. The van der Waals surface area contributed by atoms with Gasteiger partial charge in [-0.2, -0.15) is 0 Å². The number of rotatable bonds is 8. The van der Waals surface area contributed by atoms with Gasteiger partial charge < -0.3 is 25.6 Å². The van der Waals surface area contributed by atoms with E-state index in [0.717, 1.165) is 5.56 Å². The Morgan fingerprint density at radius 1 is 1.11 bits per heavy atom. The van der Waals surface area contributed by atoms with Crippen molar-refractivity contribution in [2.45, 2.75) is 19.5 Å². The van der Waals surface area contributed by atoms with Gasteiger partial charge in [-0.3, -0.25) is 14.2 Å². The third-order valence-corrected chi connectivity index (χ3v) is 6.66. The highest BCUT2D eigenvalue weighted by Crippen LogP contribution is 2.18. The molecule has 3 aromatic rings. The summed E-state index contributed by atoms with van der Waals surface area (Å²) < 4.78 is 6.79. The van der Waals surface area contributed by atoms with E-state index in [2.05, 4.69) is 20.4 Å². The molecule has 0 unspecified atom stereocenters. The number of anilines is 1. The van der Waals surface area contributed by atoms with Crippen LogP contribution in [0.1, 0.15) is 31.4 Å². The summed E-state index contributed by atoms with van der Waals surface area (Å²) in [6.45, 7) is 2.91. The maximum absolute atomic E-state index is 12.4. The van der Waals surface area contributed by atoms with Crippen LogP contribution in [0.15, 0.2) is 41.8 Å². The van der Waals surface area contributed by atoms with Crippen molar-refractivity contribution in [3.05, 3.63) is 63.6 Å². The molecule has 12 heteroatoms. The molecule has 0 aliphatic carbocycles. The molecule has 0 saturated carbocycles. The number of piperazine rings is 1. The van der Waals surface area contributed by atoms with E-state index < -0.39 is 5.91 Å². The minimum atomic E-state index is -0.475. The summed E-state index contributed by atoms with van der Waals surface area (Å²) in [5, 5.41) is 13.5. The highest BCUT2D eigenvalue weighted by molar-refractivity contribution is 7.12. The number of benzene rings is 1.